The van der Waals surface area contributed by atoms with Gasteiger partial charge in [-0.2, -0.15) is 0 Å². The van der Waals surface area contributed by atoms with E-state index in [1.54, 1.807) is 0 Å². The minimum atomic E-state index is -1.43. The zero-order valence-electron chi connectivity index (χ0n) is 9.62. The molecule has 1 unspecified atom stereocenters. The summed E-state index contributed by atoms with van der Waals surface area (Å²) in [5.74, 6) is -3.14. The SMILES string of the molecule is C=CCOC(=O)C1COB(OC(=O)C(=O)OC)O1. The van der Waals surface area contributed by atoms with Gasteiger partial charge in [-0.15, -0.1) is 0 Å². The van der Waals surface area contributed by atoms with Crippen molar-refractivity contribution in [2.75, 3.05) is 20.3 Å². The smallest absolute Gasteiger partial charge is 0.476 e. The highest BCUT2D eigenvalue weighted by molar-refractivity contribution is 6.46. The summed E-state index contributed by atoms with van der Waals surface area (Å²) in [6.07, 6.45) is 0.378. The van der Waals surface area contributed by atoms with E-state index in [-0.39, 0.29) is 13.2 Å². The molecule has 0 bridgehead atoms. The number of hydrogen-bond donors (Lipinski definition) is 0. The third-order valence-corrected chi connectivity index (χ3v) is 1.82. The molecule has 1 fully saturated rings. The summed E-state index contributed by atoms with van der Waals surface area (Å²) in [5.41, 5.74) is 0. The molecule has 0 amide bonds. The molecule has 1 aliphatic rings. The molecule has 98 valence electrons. The van der Waals surface area contributed by atoms with Crippen molar-refractivity contribution in [3.05, 3.63) is 12.7 Å². The zero-order valence-corrected chi connectivity index (χ0v) is 9.62. The largest absolute Gasteiger partial charge is 0.716 e. The van der Waals surface area contributed by atoms with Crippen molar-refractivity contribution in [1.82, 2.24) is 0 Å². The lowest BCUT2D eigenvalue weighted by molar-refractivity contribution is -0.162. The molecule has 0 aromatic heterocycles. The Labute approximate surface area is 103 Å². The van der Waals surface area contributed by atoms with E-state index >= 15 is 0 Å². The molecule has 0 N–H and O–H groups in total. The second-order valence-corrected chi connectivity index (χ2v) is 3.06. The molecule has 0 spiro atoms. The normalized spacial score (nSPS) is 18.1. The topological polar surface area (TPSA) is 97.4 Å². The van der Waals surface area contributed by atoms with Crippen molar-refractivity contribution in [2.24, 2.45) is 0 Å². The van der Waals surface area contributed by atoms with Crippen molar-refractivity contribution in [2.45, 2.75) is 6.10 Å². The molecular weight excluding hydrogens is 247 g/mol. The van der Waals surface area contributed by atoms with E-state index in [2.05, 4.69) is 16.0 Å². The lowest BCUT2D eigenvalue weighted by Crippen LogP contribution is -2.32. The van der Waals surface area contributed by atoms with Crippen molar-refractivity contribution in [3.63, 3.8) is 0 Å². The van der Waals surface area contributed by atoms with Gasteiger partial charge in [-0.1, -0.05) is 12.7 Å². The third-order valence-electron chi connectivity index (χ3n) is 1.82. The lowest BCUT2D eigenvalue weighted by atomic mass is 10.2. The van der Waals surface area contributed by atoms with Crippen LogP contribution in [0.2, 0.25) is 0 Å². The van der Waals surface area contributed by atoms with Crippen molar-refractivity contribution >= 4 is 25.2 Å². The molecule has 1 heterocycles. The predicted octanol–water partition coefficient (Wildman–Crippen LogP) is -1.17. The Morgan fingerprint density at radius 1 is 1.44 bits per heavy atom. The Morgan fingerprint density at radius 3 is 2.78 bits per heavy atom. The third kappa shape index (κ3) is 3.86. The number of carbonyl (C=O) groups is 3. The summed E-state index contributed by atoms with van der Waals surface area (Å²) in [5, 5.41) is 0. The van der Waals surface area contributed by atoms with Crippen LogP contribution in [0.4, 0.5) is 0 Å². The highest BCUT2D eigenvalue weighted by atomic mass is 16.8. The minimum Gasteiger partial charge on any atom is -0.476 e. The van der Waals surface area contributed by atoms with Gasteiger partial charge in [-0.25, -0.2) is 14.4 Å². The van der Waals surface area contributed by atoms with Crippen LogP contribution in [0.1, 0.15) is 0 Å². The van der Waals surface area contributed by atoms with Crippen LogP contribution in [0.3, 0.4) is 0 Å². The number of esters is 2. The molecule has 9 heteroatoms. The Bertz CT molecular complexity index is 354. The summed E-state index contributed by atoms with van der Waals surface area (Å²) in [4.78, 5) is 33.1. The van der Waals surface area contributed by atoms with Gasteiger partial charge in [-0.3, -0.25) is 0 Å². The standard InChI is InChI=1S/C9H11BO8/c1-3-4-15-7(11)6-5-16-10(17-6)18-9(13)8(12)14-2/h3,6H,1,4-5H2,2H3. The van der Waals surface area contributed by atoms with Gasteiger partial charge in [0.25, 0.3) is 0 Å². The summed E-state index contributed by atoms with van der Waals surface area (Å²) in [7, 11) is -0.409. The van der Waals surface area contributed by atoms with Gasteiger partial charge in [0, 0.05) is 0 Å². The van der Waals surface area contributed by atoms with Crippen LogP contribution >= 0.6 is 0 Å². The van der Waals surface area contributed by atoms with Crippen molar-refractivity contribution < 1.29 is 37.8 Å². The first-order chi connectivity index (χ1) is 8.58. The van der Waals surface area contributed by atoms with E-state index in [0.717, 1.165) is 7.11 Å². The first-order valence-electron chi connectivity index (χ1n) is 4.92. The molecule has 1 saturated heterocycles. The summed E-state index contributed by atoms with van der Waals surface area (Å²) < 4.78 is 23.0. The molecule has 0 saturated carbocycles. The Balaban J connectivity index is 2.37. The zero-order chi connectivity index (χ0) is 13.5. The molecule has 0 aromatic carbocycles. The van der Waals surface area contributed by atoms with Gasteiger partial charge in [0.1, 0.15) is 6.61 Å². The van der Waals surface area contributed by atoms with Gasteiger partial charge >= 0.3 is 25.2 Å². The van der Waals surface area contributed by atoms with Gasteiger partial charge in [0.15, 0.2) is 6.10 Å². The van der Waals surface area contributed by atoms with Crippen LogP contribution in [-0.4, -0.2) is 51.7 Å². The molecule has 1 rings (SSSR count). The fraction of sp³-hybridized carbons (Fsp3) is 0.444. The van der Waals surface area contributed by atoms with Crippen LogP contribution in [0.15, 0.2) is 12.7 Å². The highest BCUT2D eigenvalue weighted by Crippen LogP contribution is 2.11. The molecule has 0 aliphatic carbocycles. The summed E-state index contributed by atoms with van der Waals surface area (Å²) >= 11 is 0. The van der Waals surface area contributed by atoms with Crippen LogP contribution in [-0.2, 0) is 37.8 Å². The van der Waals surface area contributed by atoms with Crippen molar-refractivity contribution in [3.8, 4) is 0 Å². The maximum absolute atomic E-state index is 11.3. The van der Waals surface area contributed by atoms with Crippen LogP contribution in [0.5, 0.6) is 0 Å². The van der Waals surface area contributed by atoms with Crippen LogP contribution in [0.25, 0.3) is 0 Å². The quantitative estimate of drug-likeness (QED) is 0.269. The number of hydrogen-bond acceptors (Lipinski definition) is 8. The fourth-order valence-electron chi connectivity index (χ4n) is 1.02. The Morgan fingerprint density at radius 2 is 2.17 bits per heavy atom. The van der Waals surface area contributed by atoms with Gasteiger partial charge < -0.3 is 23.4 Å². The molecule has 18 heavy (non-hydrogen) atoms. The molecular formula is C9H11BO8. The van der Waals surface area contributed by atoms with E-state index < -0.39 is 31.3 Å². The van der Waals surface area contributed by atoms with E-state index in [1.807, 2.05) is 0 Å². The van der Waals surface area contributed by atoms with E-state index in [0.29, 0.717) is 0 Å². The summed E-state index contributed by atoms with van der Waals surface area (Å²) in [6, 6.07) is 0. The molecule has 0 aromatic rings. The monoisotopic (exact) mass is 258 g/mol. The van der Waals surface area contributed by atoms with E-state index in [4.69, 9.17) is 14.0 Å². The second kappa shape index (κ2) is 6.77. The highest BCUT2D eigenvalue weighted by Gasteiger charge is 2.42. The van der Waals surface area contributed by atoms with Gasteiger partial charge in [-0.05, 0) is 0 Å². The maximum atomic E-state index is 11.3. The molecule has 1 aliphatic heterocycles. The average molecular weight is 258 g/mol. The fourth-order valence-corrected chi connectivity index (χ4v) is 1.02. The van der Waals surface area contributed by atoms with Gasteiger partial charge in [0.2, 0.25) is 0 Å². The van der Waals surface area contributed by atoms with E-state index in [9.17, 15) is 14.4 Å². The second-order valence-electron chi connectivity index (χ2n) is 3.06. The number of rotatable bonds is 4. The van der Waals surface area contributed by atoms with Crippen LogP contribution < -0.4 is 0 Å². The Hall–Kier alpha value is -1.87. The van der Waals surface area contributed by atoms with Crippen LogP contribution in [0, 0.1) is 0 Å². The Kier molecular flexibility index (Phi) is 5.34. The molecule has 0 radical (unpaired) electrons. The predicted molar refractivity (Wildman–Crippen MR) is 55.8 cm³/mol. The number of methoxy groups -OCH3 is 1. The number of ether oxygens (including phenoxy) is 2. The first-order valence-corrected chi connectivity index (χ1v) is 4.92. The van der Waals surface area contributed by atoms with Gasteiger partial charge in [0.05, 0.1) is 13.7 Å². The average Bonchev–Trinajstić information content (AvgIpc) is 2.83. The molecule has 1 atom stereocenters. The lowest BCUT2D eigenvalue weighted by Gasteiger charge is -2.07. The molecule has 8 nitrogen and oxygen atoms in total. The van der Waals surface area contributed by atoms with E-state index in [1.165, 1.54) is 6.08 Å². The summed E-state index contributed by atoms with van der Waals surface area (Å²) in [6.45, 7) is 3.26. The number of carbonyl (C=O) groups excluding carboxylic acids is 3. The maximum Gasteiger partial charge on any atom is 0.716 e. The minimum absolute atomic E-state index is 0.0330. The first kappa shape index (κ1) is 14.2. The van der Waals surface area contributed by atoms with Crippen molar-refractivity contribution in [1.29, 1.82) is 0 Å².